The predicted molar refractivity (Wildman–Crippen MR) is 82.2 cm³/mol. The van der Waals surface area contributed by atoms with Gasteiger partial charge in [-0.15, -0.1) is 11.3 Å². The summed E-state index contributed by atoms with van der Waals surface area (Å²) in [5.41, 5.74) is 2.73. The number of hydrogen-bond acceptors (Lipinski definition) is 2. The van der Waals surface area contributed by atoms with Crippen LogP contribution in [0, 0.1) is 0 Å². The highest BCUT2D eigenvalue weighted by Crippen LogP contribution is 2.29. The van der Waals surface area contributed by atoms with Gasteiger partial charge in [0.2, 0.25) is 0 Å². The first-order chi connectivity index (χ1) is 9.28. The van der Waals surface area contributed by atoms with Gasteiger partial charge in [-0.05, 0) is 35.7 Å². The second-order valence-corrected chi connectivity index (χ2v) is 5.97. The fourth-order valence-electron chi connectivity index (χ4n) is 1.96. The summed E-state index contributed by atoms with van der Waals surface area (Å²) in [6, 6.07) is 12.0. The third-order valence-electron chi connectivity index (χ3n) is 2.90. The van der Waals surface area contributed by atoms with E-state index in [4.69, 9.17) is 0 Å². The third kappa shape index (κ3) is 2.41. The van der Waals surface area contributed by atoms with Gasteiger partial charge in [-0.2, -0.15) is 0 Å². The summed E-state index contributed by atoms with van der Waals surface area (Å²) < 4.78 is 3.02. The molecule has 0 radical (unpaired) electrons. The first kappa shape index (κ1) is 12.4. The zero-order valence-corrected chi connectivity index (χ0v) is 12.3. The van der Waals surface area contributed by atoms with Crippen LogP contribution in [0.25, 0.3) is 16.1 Å². The summed E-state index contributed by atoms with van der Waals surface area (Å²) in [6.45, 7) is 0. The zero-order valence-electron chi connectivity index (χ0n) is 9.92. The van der Waals surface area contributed by atoms with Crippen LogP contribution < -0.4 is 0 Å². The average Bonchev–Trinajstić information content (AvgIpc) is 3.08. The van der Waals surface area contributed by atoms with Gasteiger partial charge in [-0.1, -0.05) is 22.0 Å². The Bertz CT molecular complexity index is 698. The lowest BCUT2D eigenvalue weighted by Gasteiger charge is -2.01. The number of aldehydes is 1. The van der Waals surface area contributed by atoms with Crippen LogP contribution in [0.4, 0.5) is 0 Å². The van der Waals surface area contributed by atoms with E-state index in [1.807, 2.05) is 58.7 Å². The van der Waals surface area contributed by atoms with Gasteiger partial charge >= 0.3 is 0 Å². The van der Waals surface area contributed by atoms with Crippen molar-refractivity contribution >= 4 is 33.6 Å². The number of rotatable bonds is 3. The van der Waals surface area contributed by atoms with Crippen molar-refractivity contribution in [3.8, 4) is 16.1 Å². The summed E-state index contributed by atoms with van der Waals surface area (Å²) in [4.78, 5) is 12.3. The molecule has 0 aliphatic carbocycles. The molecule has 4 heteroatoms. The molecule has 94 valence electrons. The highest BCUT2D eigenvalue weighted by molar-refractivity contribution is 9.10. The molecule has 19 heavy (non-hydrogen) atoms. The SMILES string of the molecule is O=Cc1cn(-c2ccc(Br)cc2)cc1-c1cccs1. The van der Waals surface area contributed by atoms with Crippen LogP contribution >= 0.6 is 27.3 Å². The van der Waals surface area contributed by atoms with Crippen molar-refractivity contribution in [2.75, 3.05) is 0 Å². The van der Waals surface area contributed by atoms with Crippen molar-refractivity contribution < 1.29 is 4.79 Å². The number of halogens is 1. The molecule has 0 N–H and O–H groups in total. The van der Waals surface area contributed by atoms with Gasteiger partial charge < -0.3 is 4.57 Å². The van der Waals surface area contributed by atoms with Crippen LogP contribution in [0.2, 0.25) is 0 Å². The maximum Gasteiger partial charge on any atom is 0.152 e. The number of carbonyl (C=O) groups excluding carboxylic acids is 1. The fraction of sp³-hybridized carbons (Fsp3) is 0. The van der Waals surface area contributed by atoms with E-state index in [0.29, 0.717) is 5.56 Å². The molecule has 2 aromatic heterocycles. The highest BCUT2D eigenvalue weighted by Gasteiger charge is 2.10. The smallest absolute Gasteiger partial charge is 0.152 e. The van der Waals surface area contributed by atoms with Crippen molar-refractivity contribution in [1.29, 1.82) is 0 Å². The van der Waals surface area contributed by atoms with Gasteiger partial charge in [0.1, 0.15) is 0 Å². The van der Waals surface area contributed by atoms with Crippen molar-refractivity contribution in [1.82, 2.24) is 4.57 Å². The average molecular weight is 332 g/mol. The Morgan fingerprint density at radius 3 is 2.53 bits per heavy atom. The van der Waals surface area contributed by atoms with Gasteiger partial charge in [0.15, 0.2) is 6.29 Å². The first-order valence-electron chi connectivity index (χ1n) is 5.75. The molecular weight excluding hydrogens is 322 g/mol. The van der Waals surface area contributed by atoms with Crippen LogP contribution in [0.5, 0.6) is 0 Å². The van der Waals surface area contributed by atoms with Gasteiger partial charge in [-0.3, -0.25) is 4.79 Å². The van der Waals surface area contributed by atoms with E-state index < -0.39 is 0 Å². The van der Waals surface area contributed by atoms with Gasteiger partial charge in [0.25, 0.3) is 0 Å². The summed E-state index contributed by atoms with van der Waals surface area (Å²) >= 11 is 5.06. The minimum absolute atomic E-state index is 0.713. The van der Waals surface area contributed by atoms with Crippen molar-refractivity contribution in [3.63, 3.8) is 0 Å². The quantitative estimate of drug-likeness (QED) is 0.633. The Labute approximate surface area is 123 Å². The molecule has 0 bridgehead atoms. The van der Waals surface area contributed by atoms with Crippen molar-refractivity contribution in [2.24, 2.45) is 0 Å². The Morgan fingerprint density at radius 1 is 1.11 bits per heavy atom. The zero-order chi connectivity index (χ0) is 13.2. The largest absolute Gasteiger partial charge is 0.322 e. The van der Waals surface area contributed by atoms with Crippen molar-refractivity contribution in [3.05, 3.63) is 64.2 Å². The van der Waals surface area contributed by atoms with E-state index in [0.717, 1.165) is 26.9 Å². The van der Waals surface area contributed by atoms with Crippen LogP contribution in [0.1, 0.15) is 10.4 Å². The molecule has 0 unspecified atom stereocenters. The minimum atomic E-state index is 0.713. The van der Waals surface area contributed by atoms with E-state index in [2.05, 4.69) is 15.9 Å². The van der Waals surface area contributed by atoms with Crippen LogP contribution in [-0.4, -0.2) is 10.9 Å². The Morgan fingerprint density at radius 2 is 1.89 bits per heavy atom. The van der Waals surface area contributed by atoms with Crippen LogP contribution in [0.15, 0.2) is 58.6 Å². The lowest BCUT2D eigenvalue weighted by molar-refractivity contribution is 0.112. The second kappa shape index (κ2) is 5.15. The minimum Gasteiger partial charge on any atom is -0.322 e. The van der Waals surface area contributed by atoms with E-state index in [9.17, 15) is 4.79 Å². The van der Waals surface area contributed by atoms with Crippen molar-refractivity contribution in [2.45, 2.75) is 0 Å². The Hall–Kier alpha value is -1.65. The molecule has 0 fully saturated rings. The highest BCUT2D eigenvalue weighted by atomic mass is 79.9. The lowest BCUT2D eigenvalue weighted by Crippen LogP contribution is -1.88. The normalized spacial score (nSPS) is 10.6. The summed E-state index contributed by atoms with van der Waals surface area (Å²) in [7, 11) is 0. The molecule has 0 aliphatic rings. The molecule has 3 rings (SSSR count). The number of nitrogens with zero attached hydrogens (tertiary/aromatic N) is 1. The standard InChI is InChI=1S/C15H10BrNOS/c16-12-3-5-13(6-4-12)17-8-11(10-18)14(9-17)15-2-1-7-19-15/h1-10H. The molecule has 2 heterocycles. The second-order valence-electron chi connectivity index (χ2n) is 4.11. The maximum absolute atomic E-state index is 11.2. The number of hydrogen-bond donors (Lipinski definition) is 0. The maximum atomic E-state index is 11.2. The van der Waals surface area contributed by atoms with Crippen LogP contribution in [-0.2, 0) is 0 Å². The number of aromatic nitrogens is 1. The Kier molecular flexibility index (Phi) is 3.36. The van der Waals surface area contributed by atoms with Gasteiger partial charge in [0, 0.05) is 38.6 Å². The first-order valence-corrected chi connectivity index (χ1v) is 7.42. The fourth-order valence-corrected chi connectivity index (χ4v) is 2.99. The molecular formula is C15H10BrNOS. The number of carbonyl (C=O) groups is 1. The van der Waals surface area contributed by atoms with Gasteiger partial charge in [-0.25, -0.2) is 0 Å². The predicted octanol–water partition coefficient (Wildman–Crippen LogP) is 4.78. The molecule has 0 saturated carbocycles. The number of benzene rings is 1. The third-order valence-corrected chi connectivity index (χ3v) is 4.33. The molecule has 0 atom stereocenters. The molecule has 0 amide bonds. The molecule has 1 aromatic carbocycles. The topological polar surface area (TPSA) is 22.0 Å². The number of thiophene rings is 1. The lowest BCUT2D eigenvalue weighted by atomic mass is 10.2. The van der Waals surface area contributed by atoms with E-state index in [1.54, 1.807) is 11.3 Å². The molecule has 0 saturated heterocycles. The monoisotopic (exact) mass is 331 g/mol. The van der Waals surface area contributed by atoms with Crippen LogP contribution in [0.3, 0.4) is 0 Å². The van der Waals surface area contributed by atoms with E-state index in [-0.39, 0.29) is 0 Å². The molecule has 0 aliphatic heterocycles. The Balaban J connectivity index is 2.09. The summed E-state index contributed by atoms with van der Waals surface area (Å²) in [5, 5.41) is 2.01. The molecule has 3 aromatic rings. The summed E-state index contributed by atoms with van der Waals surface area (Å²) in [6.07, 6.45) is 4.77. The van der Waals surface area contributed by atoms with E-state index in [1.165, 1.54) is 0 Å². The molecule has 2 nitrogen and oxygen atoms in total. The summed E-state index contributed by atoms with van der Waals surface area (Å²) in [5.74, 6) is 0. The van der Waals surface area contributed by atoms with Gasteiger partial charge in [0.05, 0.1) is 0 Å². The molecule has 0 spiro atoms. The van der Waals surface area contributed by atoms with E-state index >= 15 is 0 Å².